The quantitative estimate of drug-likeness (QED) is 0.721. The summed E-state index contributed by atoms with van der Waals surface area (Å²) in [6.07, 6.45) is 3.24. The first kappa shape index (κ1) is 19.2. The zero-order valence-electron chi connectivity index (χ0n) is 15.0. The number of amides is 1. The fraction of sp³-hybridized carbons (Fsp3) is 0.421. The van der Waals surface area contributed by atoms with Crippen molar-refractivity contribution in [3.63, 3.8) is 0 Å². The molecule has 1 aromatic heterocycles. The van der Waals surface area contributed by atoms with Crippen molar-refractivity contribution in [3.05, 3.63) is 41.3 Å². The summed E-state index contributed by atoms with van der Waals surface area (Å²) in [5.41, 5.74) is 1.27. The second kappa shape index (κ2) is 8.30. The van der Waals surface area contributed by atoms with Crippen LogP contribution in [0.4, 0.5) is 0 Å². The Morgan fingerprint density at radius 2 is 2.12 bits per heavy atom. The molecule has 0 spiro atoms. The molecule has 1 heterocycles. The number of nitrogens with zero attached hydrogens (tertiary/aromatic N) is 2. The number of aromatic nitrogens is 2. The molecule has 0 aliphatic carbocycles. The Morgan fingerprint density at radius 3 is 2.72 bits per heavy atom. The lowest BCUT2D eigenvalue weighted by Gasteiger charge is -2.30. The average molecular weight is 362 g/mol. The minimum absolute atomic E-state index is 0.343. The topological polar surface area (TPSA) is 64.1 Å². The lowest BCUT2D eigenvalue weighted by molar-refractivity contribution is -0.111. The molecular formula is C19H24ClN3O2. The van der Waals surface area contributed by atoms with E-state index >= 15 is 0 Å². The van der Waals surface area contributed by atoms with E-state index in [1.54, 1.807) is 6.20 Å². The smallest absolute Gasteiger partial charge is 0.207 e. The molecule has 1 N–H and O–H groups in total. The predicted octanol–water partition coefficient (Wildman–Crippen LogP) is 4.04. The van der Waals surface area contributed by atoms with Gasteiger partial charge in [-0.3, -0.25) is 4.79 Å². The predicted molar refractivity (Wildman–Crippen MR) is 99.8 cm³/mol. The van der Waals surface area contributed by atoms with Crippen LogP contribution in [-0.2, 0) is 4.79 Å². The maximum atomic E-state index is 10.9. The third-order valence-electron chi connectivity index (χ3n) is 3.82. The van der Waals surface area contributed by atoms with Crippen LogP contribution in [0.15, 0.2) is 30.5 Å². The lowest BCUT2D eigenvalue weighted by Crippen LogP contribution is -2.47. The van der Waals surface area contributed by atoms with Crippen LogP contribution in [0.1, 0.15) is 33.0 Å². The first-order valence-electron chi connectivity index (χ1n) is 8.27. The second-order valence-electron chi connectivity index (χ2n) is 6.84. The maximum Gasteiger partial charge on any atom is 0.207 e. The summed E-state index contributed by atoms with van der Waals surface area (Å²) in [5.74, 6) is 1.72. The summed E-state index contributed by atoms with van der Waals surface area (Å²) in [4.78, 5) is 19.4. The molecule has 0 aliphatic rings. The summed E-state index contributed by atoms with van der Waals surface area (Å²) in [6.45, 7) is 8.37. The van der Waals surface area contributed by atoms with E-state index < -0.39 is 5.54 Å². The minimum Gasteiger partial charge on any atom is -0.490 e. The molecular weight excluding hydrogens is 338 g/mol. The van der Waals surface area contributed by atoms with Gasteiger partial charge in [0.05, 0.1) is 16.3 Å². The first-order chi connectivity index (χ1) is 11.8. The highest BCUT2D eigenvalue weighted by molar-refractivity contribution is 6.32. The Bertz CT molecular complexity index is 736. The molecule has 5 nitrogen and oxygen atoms in total. The van der Waals surface area contributed by atoms with Gasteiger partial charge in [-0.2, -0.15) is 0 Å². The lowest BCUT2D eigenvalue weighted by atomic mass is 9.92. The Balaban J connectivity index is 2.14. The van der Waals surface area contributed by atoms with E-state index in [9.17, 15) is 4.79 Å². The summed E-state index contributed by atoms with van der Waals surface area (Å²) >= 11 is 6.37. The molecule has 6 heteroatoms. The highest BCUT2D eigenvalue weighted by atomic mass is 35.5. The van der Waals surface area contributed by atoms with Gasteiger partial charge in [0.1, 0.15) is 18.2 Å². The normalized spacial score (nSPS) is 13.4. The minimum atomic E-state index is -0.443. The Hall–Kier alpha value is -2.14. The number of rotatable bonds is 8. The van der Waals surface area contributed by atoms with E-state index in [1.165, 1.54) is 0 Å². The van der Waals surface area contributed by atoms with Crippen molar-refractivity contribution < 1.29 is 9.53 Å². The van der Waals surface area contributed by atoms with Gasteiger partial charge in [0.25, 0.3) is 0 Å². The second-order valence-corrected chi connectivity index (χ2v) is 7.25. The fourth-order valence-corrected chi connectivity index (χ4v) is 3.07. The van der Waals surface area contributed by atoms with Crippen molar-refractivity contribution in [2.24, 2.45) is 5.92 Å². The molecule has 1 aromatic carbocycles. The molecule has 25 heavy (non-hydrogen) atoms. The third-order valence-corrected chi connectivity index (χ3v) is 4.11. The van der Waals surface area contributed by atoms with Crippen molar-refractivity contribution in [2.45, 2.75) is 39.7 Å². The van der Waals surface area contributed by atoms with Crippen LogP contribution in [0.5, 0.6) is 5.75 Å². The van der Waals surface area contributed by atoms with E-state index in [-0.39, 0.29) is 0 Å². The van der Waals surface area contributed by atoms with Crippen molar-refractivity contribution in [1.82, 2.24) is 15.3 Å². The first-order valence-corrected chi connectivity index (χ1v) is 8.64. The number of halogens is 1. The number of ether oxygens (including phenoxy) is 1. The molecule has 0 radical (unpaired) electrons. The number of hydrogen-bond acceptors (Lipinski definition) is 4. The van der Waals surface area contributed by atoms with E-state index in [0.717, 1.165) is 17.7 Å². The van der Waals surface area contributed by atoms with Crippen LogP contribution in [0.3, 0.4) is 0 Å². The fourth-order valence-electron chi connectivity index (χ4n) is 2.83. The molecule has 2 rings (SSSR count). The highest BCUT2D eigenvalue weighted by Crippen LogP contribution is 2.30. The number of benzene rings is 1. The largest absolute Gasteiger partial charge is 0.490 e. The van der Waals surface area contributed by atoms with Crippen LogP contribution in [0, 0.1) is 12.8 Å². The Morgan fingerprint density at radius 1 is 1.36 bits per heavy atom. The summed E-state index contributed by atoms with van der Waals surface area (Å²) < 4.78 is 5.88. The molecule has 0 fully saturated rings. The molecule has 0 aliphatic heterocycles. The van der Waals surface area contributed by atoms with Gasteiger partial charge in [0.2, 0.25) is 6.41 Å². The number of hydrogen-bond donors (Lipinski definition) is 1. The van der Waals surface area contributed by atoms with Gasteiger partial charge in [-0.15, -0.1) is 0 Å². The number of nitrogens with one attached hydrogen (secondary N) is 1. The van der Waals surface area contributed by atoms with Crippen LogP contribution in [0.25, 0.3) is 11.3 Å². The van der Waals surface area contributed by atoms with Crippen LogP contribution in [0.2, 0.25) is 5.02 Å². The van der Waals surface area contributed by atoms with Gasteiger partial charge in [0, 0.05) is 11.8 Å². The summed E-state index contributed by atoms with van der Waals surface area (Å²) in [5, 5.41) is 3.36. The standard InChI is InChI=1S/C19H24ClN3O2/c1-13(2)10-19(4,22-12-24)11-25-18-6-5-15(9-16(18)20)17-7-8-21-14(3)23-17/h5-9,12-13H,10-11H2,1-4H3,(H,22,24)/t19-/m0/s1. The molecule has 0 saturated carbocycles. The van der Waals surface area contributed by atoms with E-state index in [1.807, 2.05) is 38.1 Å². The van der Waals surface area contributed by atoms with Crippen LogP contribution < -0.4 is 10.1 Å². The van der Waals surface area contributed by atoms with Gasteiger partial charge >= 0.3 is 0 Å². The molecule has 2 aromatic rings. The van der Waals surface area contributed by atoms with E-state index in [2.05, 4.69) is 29.1 Å². The molecule has 0 bridgehead atoms. The van der Waals surface area contributed by atoms with Crippen LogP contribution >= 0.6 is 11.6 Å². The number of carbonyl (C=O) groups excluding carboxylic acids is 1. The summed E-state index contributed by atoms with van der Waals surface area (Å²) in [7, 11) is 0. The van der Waals surface area contributed by atoms with Gasteiger partial charge in [-0.05, 0) is 50.5 Å². The van der Waals surface area contributed by atoms with Crippen molar-refractivity contribution >= 4 is 18.0 Å². The summed E-state index contributed by atoms with van der Waals surface area (Å²) in [6, 6.07) is 7.40. The Kier molecular flexibility index (Phi) is 6.37. The number of aryl methyl sites for hydroxylation is 1. The van der Waals surface area contributed by atoms with Crippen molar-refractivity contribution in [3.8, 4) is 17.0 Å². The SMILES string of the molecule is Cc1nccc(-c2ccc(OC[C@](C)(CC(C)C)NC=O)c(Cl)c2)n1. The zero-order valence-corrected chi connectivity index (χ0v) is 15.8. The molecule has 0 saturated heterocycles. The van der Waals surface area contributed by atoms with E-state index in [0.29, 0.717) is 35.5 Å². The van der Waals surface area contributed by atoms with Gasteiger partial charge < -0.3 is 10.1 Å². The number of carbonyl (C=O) groups is 1. The highest BCUT2D eigenvalue weighted by Gasteiger charge is 2.26. The zero-order chi connectivity index (χ0) is 18.4. The molecule has 0 unspecified atom stereocenters. The van der Waals surface area contributed by atoms with E-state index in [4.69, 9.17) is 16.3 Å². The van der Waals surface area contributed by atoms with Gasteiger partial charge in [-0.25, -0.2) is 9.97 Å². The van der Waals surface area contributed by atoms with Crippen LogP contribution in [-0.4, -0.2) is 28.5 Å². The molecule has 1 amide bonds. The van der Waals surface area contributed by atoms with Gasteiger partial charge in [0.15, 0.2) is 0 Å². The Labute approximate surface area is 153 Å². The monoisotopic (exact) mass is 361 g/mol. The third kappa shape index (κ3) is 5.43. The molecule has 1 atom stereocenters. The van der Waals surface area contributed by atoms with Crippen molar-refractivity contribution in [1.29, 1.82) is 0 Å². The maximum absolute atomic E-state index is 10.9. The van der Waals surface area contributed by atoms with Crippen molar-refractivity contribution in [2.75, 3.05) is 6.61 Å². The van der Waals surface area contributed by atoms with Gasteiger partial charge in [-0.1, -0.05) is 25.4 Å². The average Bonchev–Trinajstić information content (AvgIpc) is 2.53. The molecule has 134 valence electrons.